The van der Waals surface area contributed by atoms with E-state index in [1.165, 1.54) is 0 Å². The molecule has 0 aliphatic rings. The van der Waals surface area contributed by atoms with E-state index in [0.717, 1.165) is 21.4 Å². The minimum Gasteiger partial charge on any atom is -0.323 e. The van der Waals surface area contributed by atoms with Crippen LogP contribution in [0.5, 0.6) is 0 Å². The first-order valence-corrected chi connectivity index (χ1v) is 8.56. The number of hydrogen-bond acceptors (Lipinski definition) is 4. The molecule has 1 heterocycles. The second-order valence-electron chi connectivity index (χ2n) is 5.64. The maximum Gasteiger partial charge on any atom is 0.274 e. The number of para-hydroxylation sites is 1. The van der Waals surface area contributed by atoms with Crippen LogP contribution in [0.1, 0.15) is 21.7 Å². The molecule has 3 aromatic rings. The van der Waals surface area contributed by atoms with Crippen molar-refractivity contribution < 1.29 is 4.79 Å². The smallest absolute Gasteiger partial charge is 0.274 e. The van der Waals surface area contributed by atoms with E-state index in [9.17, 15) is 4.79 Å². The van der Waals surface area contributed by atoms with Crippen molar-refractivity contribution in [2.75, 3.05) is 10.6 Å². The van der Waals surface area contributed by atoms with E-state index in [0.29, 0.717) is 17.3 Å². The molecule has 0 saturated carbocycles. The Balaban J connectivity index is 1.82. The highest BCUT2D eigenvalue weighted by molar-refractivity contribution is 9.10. The molecular formula is C19H17BrN4O. The Kier molecular flexibility index (Phi) is 5.09. The molecule has 0 radical (unpaired) electrons. The Morgan fingerprint density at radius 3 is 2.44 bits per heavy atom. The zero-order valence-corrected chi connectivity index (χ0v) is 15.5. The van der Waals surface area contributed by atoms with Gasteiger partial charge in [0.15, 0.2) is 0 Å². The molecule has 0 aliphatic heterocycles. The number of hydrogen-bond donors (Lipinski definition) is 2. The van der Waals surface area contributed by atoms with Gasteiger partial charge < -0.3 is 10.6 Å². The lowest BCUT2D eigenvalue weighted by Gasteiger charge is -2.10. The van der Waals surface area contributed by atoms with Crippen molar-refractivity contribution in [2.45, 2.75) is 13.8 Å². The molecule has 5 nitrogen and oxygen atoms in total. The Hall–Kier alpha value is -2.73. The first-order chi connectivity index (χ1) is 12.0. The maximum absolute atomic E-state index is 12.5. The van der Waals surface area contributed by atoms with Gasteiger partial charge in [-0.15, -0.1) is 0 Å². The highest BCUT2D eigenvalue weighted by atomic mass is 79.9. The van der Waals surface area contributed by atoms with Crippen molar-refractivity contribution in [2.24, 2.45) is 0 Å². The lowest BCUT2D eigenvalue weighted by molar-refractivity contribution is 0.102. The van der Waals surface area contributed by atoms with Gasteiger partial charge in [0.25, 0.3) is 5.91 Å². The summed E-state index contributed by atoms with van der Waals surface area (Å²) in [5.41, 5.74) is 3.71. The van der Waals surface area contributed by atoms with Gasteiger partial charge >= 0.3 is 0 Å². The van der Waals surface area contributed by atoms with Crippen LogP contribution in [0.2, 0.25) is 0 Å². The third kappa shape index (κ3) is 4.42. The molecule has 0 unspecified atom stereocenters. The fourth-order valence-corrected chi connectivity index (χ4v) is 2.64. The van der Waals surface area contributed by atoms with Crippen molar-refractivity contribution in [3.8, 4) is 0 Å². The number of carbonyl (C=O) groups is 1. The number of aromatic nitrogens is 2. The Morgan fingerprint density at radius 1 is 1.00 bits per heavy atom. The molecule has 0 bridgehead atoms. The molecule has 3 rings (SSSR count). The van der Waals surface area contributed by atoms with Crippen LogP contribution in [-0.4, -0.2) is 15.9 Å². The second-order valence-corrected chi connectivity index (χ2v) is 6.50. The Labute approximate surface area is 154 Å². The molecule has 1 aromatic heterocycles. The number of halogens is 1. The molecule has 0 fully saturated rings. The summed E-state index contributed by atoms with van der Waals surface area (Å²) >= 11 is 3.47. The first-order valence-electron chi connectivity index (χ1n) is 7.76. The number of rotatable bonds is 4. The fraction of sp³-hybridized carbons (Fsp3) is 0.105. The molecular weight excluding hydrogens is 380 g/mol. The average Bonchev–Trinajstić information content (AvgIpc) is 2.58. The van der Waals surface area contributed by atoms with E-state index in [-0.39, 0.29) is 5.91 Å². The second kappa shape index (κ2) is 7.44. The van der Waals surface area contributed by atoms with Crippen molar-refractivity contribution in [1.82, 2.24) is 9.97 Å². The maximum atomic E-state index is 12.5. The van der Waals surface area contributed by atoms with Gasteiger partial charge in [-0.2, -0.15) is 0 Å². The van der Waals surface area contributed by atoms with E-state index in [4.69, 9.17) is 0 Å². The average molecular weight is 397 g/mol. The molecule has 2 N–H and O–H groups in total. The van der Waals surface area contributed by atoms with E-state index in [1.54, 1.807) is 6.07 Å². The minimum atomic E-state index is -0.274. The zero-order valence-electron chi connectivity index (χ0n) is 13.9. The third-order valence-corrected chi connectivity index (χ3v) is 4.21. The monoisotopic (exact) mass is 396 g/mol. The Bertz CT molecular complexity index is 910. The molecule has 6 heteroatoms. The number of carbonyl (C=O) groups excluding carboxylic acids is 1. The quantitative estimate of drug-likeness (QED) is 0.661. The van der Waals surface area contributed by atoms with Crippen LogP contribution < -0.4 is 10.6 Å². The van der Waals surface area contributed by atoms with Crippen molar-refractivity contribution in [3.63, 3.8) is 0 Å². The number of nitrogens with zero attached hydrogens (tertiary/aromatic N) is 2. The van der Waals surface area contributed by atoms with Crippen molar-refractivity contribution in [1.29, 1.82) is 0 Å². The predicted octanol–water partition coefficient (Wildman–Crippen LogP) is 4.85. The predicted molar refractivity (Wildman–Crippen MR) is 103 cm³/mol. The standard InChI is InChI=1S/C19H17BrN4O/c1-12-7-9-14(10-8-12)22-18(25)17-11-13(2)21-19(24-17)23-16-6-4-3-5-15(16)20/h3-11H,1-2H3,(H,22,25)(H,21,23,24). The number of benzene rings is 2. The summed E-state index contributed by atoms with van der Waals surface area (Å²) < 4.78 is 0.894. The zero-order chi connectivity index (χ0) is 17.8. The third-order valence-electron chi connectivity index (χ3n) is 3.52. The number of nitrogens with one attached hydrogen (secondary N) is 2. The van der Waals surface area contributed by atoms with Crippen LogP contribution in [0.4, 0.5) is 17.3 Å². The molecule has 0 atom stereocenters. The normalized spacial score (nSPS) is 10.4. The lowest BCUT2D eigenvalue weighted by atomic mass is 10.2. The first kappa shape index (κ1) is 17.1. The molecule has 0 aliphatic carbocycles. The molecule has 126 valence electrons. The molecule has 1 amide bonds. The van der Waals surface area contributed by atoms with Crippen LogP contribution in [-0.2, 0) is 0 Å². The Morgan fingerprint density at radius 2 is 1.72 bits per heavy atom. The van der Waals surface area contributed by atoms with Crippen LogP contribution in [0.25, 0.3) is 0 Å². The van der Waals surface area contributed by atoms with Gasteiger partial charge in [-0.3, -0.25) is 4.79 Å². The van der Waals surface area contributed by atoms with Crippen molar-refractivity contribution >= 4 is 39.2 Å². The SMILES string of the molecule is Cc1ccc(NC(=O)c2cc(C)nc(Nc3ccccc3Br)n2)cc1. The topological polar surface area (TPSA) is 66.9 Å². The van der Waals surface area contributed by atoms with Crippen molar-refractivity contribution in [3.05, 3.63) is 76.0 Å². The van der Waals surface area contributed by atoms with E-state index in [1.807, 2.05) is 62.4 Å². The highest BCUT2D eigenvalue weighted by Gasteiger charge is 2.12. The highest BCUT2D eigenvalue weighted by Crippen LogP contribution is 2.24. The van der Waals surface area contributed by atoms with E-state index in [2.05, 4.69) is 36.5 Å². The fourth-order valence-electron chi connectivity index (χ4n) is 2.26. The van der Waals surface area contributed by atoms with Gasteiger partial charge in [0, 0.05) is 15.9 Å². The molecule has 2 aromatic carbocycles. The molecule has 0 spiro atoms. The van der Waals surface area contributed by atoms with Gasteiger partial charge in [0.1, 0.15) is 5.69 Å². The largest absolute Gasteiger partial charge is 0.323 e. The van der Waals surface area contributed by atoms with Crippen LogP contribution in [0, 0.1) is 13.8 Å². The number of amides is 1. The van der Waals surface area contributed by atoms with Gasteiger partial charge in [-0.1, -0.05) is 29.8 Å². The summed E-state index contributed by atoms with van der Waals surface area (Å²) in [6.45, 7) is 3.83. The summed E-state index contributed by atoms with van der Waals surface area (Å²) in [5.74, 6) is 0.102. The lowest BCUT2D eigenvalue weighted by Crippen LogP contribution is -2.15. The minimum absolute atomic E-state index is 0.274. The number of aryl methyl sites for hydroxylation is 2. The summed E-state index contributed by atoms with van der Waals surface area (Å²) in [6, 6.07) is 16.9. The number of anilines is 3. The van der Waals surface area contributed by atoms with Gasteiger partial charge in [-0.05, 0) is 60.1 Å². The summed E-state index contributed by atoms with van der Waals surface area (Å²) in [5, 5.41) is 5.98. The van der Waals surface area contributed by atoms with E-state index < -0.39 is 0 Å². The van der Waals surface area contributed by atoms with Gasteiger partial charge in [0.05, 0.1) is 5.69 Å². The summed E-state index contributed by atoms with van der Waals surface area (Å²) in [4.78, 5) is 21.2. The summed E-state index contributed by atoms with van der Waals surface area (Å²) in [6.07, 6.45) is 0. The summed E-state index contributed by atoms with van der Waals surface area (Å²) in [7, 11) is 0. The van der Waals surface area contributed by atoms with Crippen LogP contribution in [0.3, 0.4) is 0 Å². The van der Waals surface area contributed by atoms with Crippen LogP contribution in [0.15, 0.2) is 59.1 Å². The van der Waals surface area contributed by atoms with Crippen LogP contribution >= 0.6 is 15.9 Å². The van der Waals surface area contributed by atoms with Gasteiger partial charge in [-0.25, -0.2) is 9.97 Å². The van der Waals surface area contributed by atoms with Gasteiger partial charge in [0.2, 0.25) is 5.95 Å². The molecule has 25 heavy (non-hydrogen) atoms. The van der Waals surface area contributed by atoms with E-state index >= 15 is 0 Å². The molecule has 0 saturated heterocycles.